The fraction of sp³-hybridized carbons (Fsp3) is 0.250. The van der Waals surface area contributed by atoms with Crippen molar-refractivity contribution in [2.75, 3.05) is 13.7 Å². The van der Waals surface area contributed by atoms with Crippen LogP contribution in [0.3, 0.4) is 0 Å². The highest BCUT2D eigenvalue weighted by molar-refractivity contribution is 5.33. The molecule has 0 aliphatic carbocycles. The van der Waals surface area contributed by atoms with E-state index in [-0.39, 0.29) is 12.4 Å². The standard InChI is InChI=1S/C16H17F2NO2/c1-20-13-4-2-3-12(7-13)10-21-16-14(17)8-11(5-6-19)9-15(16)18/h2-4,7-9H,5-6,10,19H2,1H3. The minimum absolute atomic E-state index is 0.0568. The Labute approximate surface area is 122 Å². The number of nitrogens with two attached hydrogens (primary N) is 1. The van der Waals surface area contributed by atoms with Crippen molar-refractivity contribution < 1.29 is 18.3 Å². The lowest BCUT2D eigenvalue weighted by Gasteiger charge is -2.10. The predicted octanol–water partition coefficient (Wildman–Crippen LogP) is 3.05. The van der Waals surface area contributed by atoms with Crippen molar-refractivity contribution in [2.24, 2.45) is 5.73 Å². The fourth-order valence-electron chi connectivity index (χ4n) is 1.98. The summed E-state index contributed by atoms with van der Waals surface area (Å²) in [5, 5.41) is 0. The highest BCUT2D eigenvalue weighted by Gasteiger charge is 2.13. The first kappa shape index (κ1) is 15.3. The van der Waals surface area contributed by atoms with Gasteiger partial charge in [0.2, 0.25) is 0 Å². The molecule has 0 bridgehead atoms. The third-order valence-electron chi connectivity index (χ3n) is 3.01. The number of rotatable bonds is 6. The Balaban J connectivity index is 2.12. The Morgan fingerprint density at radius 2 is 1.76 bits per heavy atom. The lowest BCUT2D eigenvalue weighted by Crippen LogP contribution is -2.05. The average Bonchev–Trinajstić information content (AvgIpc) is 2.47. The maximum absolute atomic E-state index is 13.9. The van der Waals surface area contributed by atoms with E-state index >= 15 is 0 Å². The normalized spacial score (nSPS) is 10.5. The Kier molecular flexibility index (Phi) is 5.11. The van der Waals surface area contributed by atoms with Gasteiger partial charge in [-0.1, -0.05) is 12.1 Å². The van der Waals surface area contributed by atoms with E-state index in [0.717, 1.165) is 5.56 Å². The van der Waals surface area contributed by atoms with Crippen molar-refractivity contribution in [2.45, 2.75) is 13.0 Å². The zero-order chi connectivity index (χ0) is 15.2. The van der Waals surface area contributed by atoms with Crippen LogP contribution in [0.2, 0.25) is 0 Å². The molecule has 3 nitrogen and oxygen atoms in total. The molecule has 0 heterocycles. The van der Waals surface area contributed by atoms with Crippen LogP contribution >= 0.6 is 0 Å². The van der Waals surface area contributed by atoms with E-state index in [1.807, 2.05) is 0 Å². The summed E-state index contributed by atoms with van der Waals surface area (Å²) in [6.45, 7) is 0.393. The van der Waals surface area contributed by atoms with Crippen molar-refractivity contribution in [3.05, 3.63) is 59.2 Å². The minimum Gasteiger partial charge on any atom is -0.497 e. The van der Waals surface area contributed by atoms with E-state index in [1.54, 1.807) is 31.4 Å². The Bertz CT molecular complexity index is 594. The van der Waals surface area contributed by atoms with Crippen molar-refractivity contribution in [1.82, 2.24) is 0 Å². The molecule has 2 N–H and O–H groups in total. The van der Waals surface area contributed by atoms with Gasteiger partial charge in [-0.3, -0.25) is 0 Å². The largest absolute Gasteiger partial charge is 0.497 e. The molecule has 0 amide bonds. The van der Waals surface area contributed by atoms with Gasteiger partial charge < -0.3 is 15.2 Å². The molecular weight excluding hydrogens is 276 g/mol. The van der Waals surface area contributed by atoms with Crippen LogP contribution < -0.4 is 15.2 Å². The topological polar surface area (TPSA) is 44.5 Å². The second kappa shape index (κ2) is 7.04. The highest BCUT2D eigenvalue weighted by atomic mass is 19.1. The molecule has 0 saturated carbocycles. The Morgan fingerprint density at radius 1 is 1.05 bits per heavy atom. The number of ether oxygens (including phenoxy) is 2. The summed E-state index contributed by atoms with van der Waals surface area (Å²) in [5.74, 6) is -1.16. The monoisotopic (exact) mass is 293 g/mol. The summed E-state index contributed by atoms with van der Waals surface area (Å²) in [4.78, 5) is 0. The first-order valence-corrected chi connectivity index (χ1v) is 6.57. The molecule has 0 aliphatic rings. The zero-order valence-electron chi connectivity index (χ0n) is 11.7. The molecule has 0 atom stereocenters. The van der Waals surface area contributed by atoms with Crippen LogP contribution in [0.25, 0.3) is 0 Å². The second-order valence-electron chi connectivity index (χ2n) is 4.57. The third kappa shape index (κ3) is 3.92. The number of hydrogen-bond donors (Lipinski definition) is 1. The van der Waals surface area contributed by atoms with Crippen molar-refractivity contribution in [1.29, 1.82) is 0 Å². The molecule has 0 radical (unpaired) electrons. The van der Waals surface area contributed by atoms with Gasteiger partial charge in [-0.25, -0.2) is 8.78 Å². The maximum Gasteiger partial charge on any atom is 0.191 e. The molecule has 2 aromatic rings. The number of halogens is 2. The van der Waals surface area contributed by atoms with Gasteiger partial charge in [0, 0.05) is 0 Å². The van der Waals surface area contributed by atoms with Gasteiger partial charge >= 0.3 is 0 Å². The third-order valence-corrected chi connectivity index (χ3v) is 3.01. The van der Waals surface area contributed by atoms with Crippen molar-refractivity contribution in [3.63, 3.8) is 0 Å². The molecule has 5 heteroatoms. The molecule has 2 rings (SSSR count). The summed E-state index contributed by atoms with van der Waals surface area (Å²) in [6.07, 6.45) is 0.421. The summed E-state index contributed by atoms with van der Waals surface area (Å²) >= 11 is 0. The van der Waals surface area contributed by atoms with E-state index < -0.39 is 11.6 Å². The Morgan fingerprint density at radius 3 is 2.38 bits per heavy atom. The minimum atomic E-state index is -0.721. The molecule has 0 spiro atoms. The quantitative estimate of drug-likeness (QED) is 0.890. The average molecular weight is 293 g/mol. The summed E-state index contributed by atoms with van der Waals surface area (Å²) in [6, 6.07) is 9.61. The van der Waals surface area contributed by atoms with Crippen LogP contribution in [-0.2, 0) is 13.0 Å². The number of methoxy groups -OCH3 is 1. The van der Waals surface area contributed by atoms with Crippen LogP contribution in [0, 0.1) is 11.6 Å². The summed E-state index contributed by atoms with van der Waals surface area (Å²) in [7, 11) is 1.55. The predicted molar refractivity (Wildman–Crippen MR) is 76.4 cm³/mol. The summed E-state index contributed by atoms with van der Waals surface area (Å²) in [5.41, 5.74) is 6.65. The number of hydrogen-bond acceptors (Lipinski definition) is 3. The van der Waals surface area contributed by atoms with E-state index in [1.165, 1.54) is 12.1 Å². The SMILES string of the molecule is COc1cccc(COc2c(F)cc(CCN)cc2F)c1. The summed E-state index contributed by atoms with van der Waals surface area (Å²) < 4.78 is 38.0. The Hall–Kier alpha value is -2.14. The van der Waals surface area contributed by atoms with Gasteiger partial charge in [-0.15, -0.1) is 0 Å². The van der Waals surface area contributed by atoms with E-state index in [9.17, 15) is 8.78 Å². The maximum atomic E-state index is 13.9. The van der Waals surface area contributed by atoms with Gasteiger partial charge in [-0.05, 0) is 48.4 Å². The van der Waals surface area contributed by atoms with Gasteiger partial charge in [0.1, 0.15) is 12.4 Å². The van der Waals surface area contributed by atoms with Crippen LogP contribution in [-0.4, -0.2) is 13.7 Å². The van der Waals surface area contributed by atoms with Crippen molar-refractivity contribution in [3.8, 4) is 11.5 Å². The second-order valence-corrected chi connectivity index (χ2v) is 4.57. The lowest BCUT2D eigenvalue weighted by atomic mass is 10.1. The molecule has 0 aromatic heterocycles. The van der Waals surface area contributed by atoms with Gasteiger partial charge in [0.05, 0.1) is 7.11 Å². The molecule has 0 saturated heterocycles. The van der Waals surface area contributed by atoms with Gasteiger partial charge in [0.25, 0.3) is 0 Å². The van der Waals surface area contributed by atoms with E-state index in [0.29, 0.717) is 24.3 Å². The molecule has 2 aromatic carbocycles. The van der Waals surface area contributed by atoms with Crippen LogP contribution in [0.4, 0.5) is 8.78 Å². The van der Waals surface area contributed by atoms with Crippen molar-refractivity contribution >= 4 is 0 Å². The van der Waals surface area contributed by atoms with Crippen LogP contribution in [0.1, 0.15) is 11.1 Å². The smallest absolute Gasteiger partial charge is 0.191 e. The van der Waals surface area contributed by atoms with Gasteiger partial charge in [-0.2, -0.15) is 0 Å². The molecule has 112 valence electrons. The number of benzene rings is 2. The van der Waals surface area contributed by atoms with E-state index in [4.69, 9.17) is 15.2 Å². The first-order valence-electron chi connectivity index (χ1n) is 6.57. The molecule has 0 fully saturated rings. The lowest BCUT2D eigenvalue weighted by molar-refractivity contribution is 0.273. The highest BCUT2D eigenvalue weighted by Crippen LogP contribution is 2.25. The molecule has 0 unspecified atom stereocenters. The first-order chi connectivity index (χ1) is 10.1. The fourth-order valence-corrected chi connectivity index (χ4v) is 1.98. The van der Waals surface area contributed by atoms with Crippen LogP contribution in [0.15, 0.2) is 36.4 Å². The zero-order valence-corrected chi connectivity index (χ0v) is 11.7. The van der Waals surface area contributed by atoms with E-state index in [2.05, 4.69) is 0 Å². The molecular formula is C16H17F2NO2. The van der Waals surface area contributed by atoms with Crippen LogP contribution in [0.5, 0.6) is 11.5 Å². The molecule has 21 heavy (non-hydrogen) atoms. The molecule has 0 aliphatic heterocycles. The van der Waals surface area contributed by atoms with Gasteiger partial charge in [0.15, 0.2) is 17.4 Å².